The van der Waals surface area contributed by atoms with Gasteiger partial charge in [-0.25, -0.2) is 18.2 Å². The highest BCUT2D eigenvalue weighted by atomic mass is 32.2. The van der Waals surface area contributed by atoms with Crippen molar-refractivity contribution in [2.45, 2.75) is 51.2 Å². The first kappa shape index (κ1) is 32.5. The number of piperidine rings is 1. The van der Waals surface area contributed by atoms with E-state index in [0.717, 1.165) is 24.8 Å². The molecule has 1 aromatic heterocycles. The van der Waals surface area contributed by atoms with Crippen molar-refractivity contribution in [3.8, 4) is 5.88 Å². The van der Waals surface area contributed by atoms with Gasteiger partial charge in [-0.1, -0.05) is 32.1 Å². The van der Waals surface area contributed by atoms with E-state index < -0.39 is 32.2 Å². The molecule has 2 unspecified atom stereocenters. The molecule has 3 fully saturated rings. The number of nitrogens with two attached hydrogens (primary N) is 1. The lowest BCUT2D eigenvalue weighted by Gasteiger charge is -2.43. The molecule has 1 aromatic rings. The third kappa shape index (κ3) is 9.26. The minimum Gasteiger partial charge on any atom is -0.477 e. The van der Waals surface area contributed by atoms with Gasteiger partial charge in [-0.3, -0.25) is 0 Å². The molecule has 3 N–H and O–H groups in total. The molecule has 2 atom stereocenters. The molecule has 2 saturated heterocycles. The molecule has 40 heavy (non-hydrogen) atoms. The lowest BCUT2D eigenvalue weighted by molar-refractivity contribution is -0.192. The molecular formula is C24H37F3N4O7S2. The summed E-state index contributed by atoms with van der Waals surface area (Å²) in [5, 5.41) is 7.12. The number of pyridine rings is 1. The molecule has 3 aliphatic rings. The van der Waals surface area contributed by atoms with Crippen LogP contribution < -0.4 is 10.5 Å². The van der Waals surface area contributed by atoms with E-state index >= 15 is 0 Å². The highest BCUT2D eigenvalue weighted by Crippen LogP contribution is 2.38. The second kappa shape index (κ2) is 13.8. The fourth-order valence-electron chi connectivity index (χ4n) is 5.41. The number of ether oxygens (including phenoxy) is 1. The van der Waals surface area contributed by atoms with E-state index in [0.29, 0.717) is 44.0 Å². The molecule has 0 amide bonds. The van der Waals surface area contributed by atoms with Crippen LogP contribution in [0.4, 0.5) is 13.2 Å². The molecular weight excluding hydrogens is 577 g/mol. The molecule has 16 heteroatoms. The van der Waals surface area contributed by atoms with Crippen molar-refractivity contribution in [1.29, 1.82) is 0 Å². The van der Waals surface area contributed by atoms with Gasteiger partial charge in [-0.15, -0.1) is 0 Å². The first-order valence-electron chi connectivity index (χ1n) is 13.2. The molecule has 11 nitrogen and oxygen atoms in total. The minimum absolute atomic E-state index is 0.0340. The highest BCUT2D eigenvalue weighted by molar-refractivity contribution is 7.91. The number of hydrogen-bond donors (Lipinski definition) is 2. The summed E-state index contributed by atoms with van der Waals surface area (Å²) < 4.78 is 91.2. The van der Waals surface area contributed by atoms with Gasteiger partial charge in [0.1, 0.15) is 0 Å². The maximum absolute atomic E-state index is 13.5. The summed E-state index contributed by atoms with van der Waals surface area (Å²) in [5.74, 6) is -1.60. The lowest BCUT2D eigenvalue weighted by atomic mass is 9.75. The Morgan fingerprint density at radius 3 is 2.30 bits per heavy atom. The Hall–Kier alpha value is -2.01. The van der Waals surface area contributed by atoms with Crippen LogP contribution in [-0.4, -0.2) is 92.0 Å². The van der Waals surface area contributed by atoms with E-state index in [2.05, 4.69) is 4.98 Å². The molecule has 1 saturated carbocycles. The van der Waals surface area contributed by atoms with Crippen molar-refractivity contribution < 1.29 is 44.6 Å². The fraction of sp³-hybridized carbons (Fsp3) is 0.750. The summed E-state index contributed by atoms with van der Waals surface area (Å²) in [6, 6.07) is 3.67. The van der Waals surface area contributed by atoms with Crippen LogP contribution in [0.25, 0.3) is 0 Å². The van der Waals surface area contributed by atoms with Gasteiger partial charge >= 0.3 is 12.1 Å². The summed E-state index contributed by atoms with van der Waals surface area (Å²) in [6.07, 6.45) is 3.47. The smallest absolute Gasteiger partial charge is 0.477 e. The maximum atomic E-state index is 13.5. The number of aromatic nitrogens is 1. The zero-order chi connectivity index (χ0) is 29.6. The number of rotatable bonds is 7. The number of alkyl halides is 3. The van der Waals surface area contributed by atoms with Gasteiger partial charge in [0.25, 0.3) is 10.2 Å². The monoisotopic (exact) mass is 614 g/mol. The third-order valence-electron chi connectivity index (χ3n) is 7.55. The van der Waals surface area contributed by atoms with Crippen LogP contribution >= 0.6 is 0 Å². The van der Waals surface area contributed by atoms with Crippen LogP contribution in [0.2, 0.25) is 0 Å². The Balaban J connectivity index is 0.000000559. The largest absolute Gasteiger partial charge is 0.490 e. The van der Waals surface area contributed by atoms with Crippen LogP contribution in [0.5, 0.6) is 5.88 Å². The van der Waals surface area contributed by atoms with E-state index in [-0.39, 0.29) is 30.5 Å². The van der Waals surface area contributed by atoms with Crippen LogP contribution in [0.15, 0.2) is 18.3 Å². The normalized spacial score (nSPS) is 25.0. The minimum atomic E-state index is -5.08. The van der Waals surface area contributed by atoms with Crippen LogP contribution in [-0.2, 0) is 31.4 Å². The SMILES string of the molecule is NCc1ccnc(OCC2CC(C3CCCCC3)CN(S(=O)(=O)N3CCS(=O)(=O)CC3)C2)c1.O=C(O)C(F)(F)F. The number of hydrogen-bond acceptors (Lipinski definition) is 8. The first-order chi connectivity index (χ1) is 18.7. The number of carboxylic acids is 1. The molecule has 0 spiro atoms. The van der Waals surface area contributed by atoms with Gasteiger partial charge < -0.3 is 15.6 Å². The fourth-order valence-corrected chi connectivity index (χ4v) is 8.59. The van der Waals surface area contributed by atoms with Gasteiger partial charge in [-0.05, 0) is 29.9 Å². The topological polar surface area (TPSA) is 160 Å². The molecule has 1 aliphatic carbocycles. The van der Waals surface area contributed by atoms with E-state index in [9.17, 15) is 30.0 Å². The van der Waals surface area contributed by atoms with Crippen LogP contribution in [0.3, 0.4) is 0 Å². The van der Waals surface area contributed by atoms with Crippen molar-refractivity contribution in [2.75, 3.05) is 44.3 Å². The van der Waals surface area contributed by atoms with Crippen molar-refractivity contribution in [2.24, 2.45) is 23.5 Å². The quantitative estimate of drug-likeness (QED) is 0.469. The average molecular weight is 615 g/mol. The molecule has 0 radical (unpaired) electrons. The molecule has 4 rings (SSSR count). The van der Waals surface area contributed by atoms with E-state index in [4.69, 9.17) is 20.4 Å². The van der Waals surface area contributed by atoms with Gasteiger partial charge in [0.15, 0.2) is 9.84 Å². The summed E-state index contributed by atoms with van der Waals surface area (Å²) in [5.41, 5.74) is 6.65. The van der Waals surface area contributed by atoms with Crippen LogP contribution in [0, 0.1) is 17.8 Å². The Kier molecular flexibility index (Phi) is 11.2. The van der Waals surface area contributed by atoms with E-state index in [1.165, 1.54) is 23.6 Å². The first-order valence-corrected chi connectivity index (χ1v) is 16.5. The van der Waals surface area contributed by atoms with Crippen molar-refractivity contribution in [3.05, 3.63) is 23.9 Å². The van der Waals surface area contributed by atoms with Crippen molar-refractivity contribution >= 4 is 26.0 Å². The predicted molar refractivity (Wildman–Crippen MR) is 140 cm³/mol. The number of aliphatic carboxylic acids is 1. The molecule has 2 aliphatic heterocycles. The summed E-state index contributed by atoms with van der Waals surface area (Å²) in [7, 11) is -6.87. The summed E-state index contributed by atoms with van der Waals surface area (Å²) in [4.78, 5) is 13.2. The van der Waals surface area contributed by atoms with Gasteiger partial charge in [0.2, 0.25) is 5.88 Å². The summed E-state index contributed by atoms with van der Waals surface area (Å²) >= 11 is 0. The maximum Gasteiger partial charge on any atom is 0.490 e. The second-order valence-corrected chi connectivity index (χ2v) is 14.7. The van der Waals surface area contributed by atoms with Gasteiger partial charge in [0.05, 0.1) is 18.1 Å². The van der Waals surface area contributed by atoms with Crippen LogP contribution in [0.1, 0.15) is 44.1 Å². The summed E-state index contributed by atoms with van der Waals surface area (Å²) in [6.45, 7) is 1.76. The van der Waals surface area contributed by atoms with E-state index in [1.54, 1.807) is 10.5 Å². The zero-order valence-electron chi connectivity index (χ0n) is 22.1. The van der Waals surface area contributed by atoms with Gasteiger partial charge in [0, 0.05) is 50.9 Å². The zero-order valence-corrected chi connectivity index (χ0v) is 23.8. The number of halogens is 3. The number of nitrogens with zero attached hydrogens (tertiary/aromatic N) is 3. The Morgan fingerprint density at radius 1 is 1.10 bits per heavy atom. The number of carboxylic acid groups (broad SMARTS) is 1. The van der Waals surface area contributed by atoms with Crippen molar-refractivity contribution in [1.82, 2.24) is 13.6 Å². The molecule has 0 bridgehead atoms. The second-order valence-electron chi connectivity index (χ2n) is 10.5. The Bertz CT molecular complexity index is 1200. The number of sulfone groups is 1. The number of carbonyl (C=O) groups is 1. The Morgan fingerprint density at radius 2 is 1.73 bits per heavy atom. The molecule has 3 heterocycles. The van der Waals surface area contributed by atoms with E-state index in [1.807, 2.05) is 12.1 Å². The highest BCUT2D eigenvalue weighted by Gasteiger charge is 2.41. The molecule has 0 aromatic carbocycles. The van der Waals surface area contributed by atoms with Crippen molar-refractivity contribution in [3.63, 3.8) is 0 Å². The third-order valence-corrected chi connectivity index (χ3v) is 11.1. The Labute approximate surface area is 233 Å². The predicted octanol–water partition coefficient (Wildman–Crippen LogP) is 2.05. The lowest BCUT2D eigenvalue weighted by Crippen LogP contribution is -2.55. The molecule has 228 valence electrons. The van der Waals surface area contributed by atoms with Gasteiger partial charge in [-0.2, -0.15) is 30.2 Å². The standard InChI is InChI=1S/C22H36N4O5S2.C2HF3O2/c23-14-18-6-7-24-22(13-18)31-17-19-12-21(20-4-2-1-3-5-20)16-26(15-19)33(29,30)25-8-10-32(27,28)11-9-25;3-2(4,5)1(6)7/h6-7,13,19-21H,1-5,8-12,14-17,23H2;(H,6,7). The average Bonchev–Trinajstić information content (AvgIpc) is 2.92.